The lowest BCUT2D eigenvalue weighted by atomic mass is 10.2. The lowest BCUT2D eigenvalue weighted by molar-refractivity contribution is -0.139. The minimum absolute atomic E-state index is 0.146. The van der Waals surface area contributed by atoms with Crippen molar-refractivity contribution in [3.8, 4) is 5.75 Å². The quantitative estimate of drug-likeness (QED) is 0.627. The molecule has 0 fully saturated rings. The molecule has 1 amide bonds. The van der Waals surface area contributed by atoms with Gasteiger partial charge in [-0.1, -0.05) is 11.6 Å². The Balaban J connectivity index is 1.95. The van der Waals surface area contributed by atoms with Crippen LogP contribution in [-0.2, 0) is 4.79 Å². The summed E-state index contributed by atoms with van der Waals surface area (Å²) < 4.78 is 9.89. The molecular weight excluding hydrogens is 312 g/mol. The number of nitrogens with zero attached hydrogens (tertiary/aromatic N) is 1. The monoisotopic (exact) mass is 322 g/mol. The molecule has 1 heterocycles. The first-order valence-corrected chi connectivity index (χ1v) is 6.45. The molecule has 1 aromatic heterocycles. The molecule has 0 spiro atoms. The molecule has 7 nitrogen and oxygen atoms in total. The third-order valence-electron chi connectivity index (χ3n) is 2.43. The van der Waals surface area contributed by atoms with E-state index in [1.54, 1.807) is 12.1 Å². The summed E-state index contributed by atoms with van der Waals surface area (Å²) in [7, 11) is 0. The van der Waals surface area contributed by atoms with Crippen molar-refractivity contribution in [2.45, 2.75) is 0 Å². The van der Waals surface area contributed by atoms with Gasteiger partial charge in [0.2, 0.25) is 0 Å². The molecule has 0 aliphatic heterocycles. The average Bonchev–Trinajstić information content (AvgIpc) is 3.00. The van der Waals surface area contributed by atoms with E-state index in [0.717, 1.165) is 0 Å². The van der Waals surface area contributed by atoms with E-state index in [2.05, 4.69) is 10.5 Å². The number of carbonyl (C=O) groups is 2. The van der Waals surface area contributed by atoms with E-state index in [9.17, 15) is 9.59 Å². The third-order valence-corrected chi connectivity index (χ3v) is 2.73. The van der Waals surface area contributed by atoms with Gasteiger partial charge in [-0.15, -0.1) is 0 Å². The van der Waals surface area contributed by atoms with E-state index in [-0.39, 0.29) is 16.5 Å². The number of amides is 1. The summed E-state index contributed by atoms with van der Waals surface area (Å²) in [6.07, 6.45) is 2.77. The van der Waals surface area contributed by atoms with Crippen molar-refractivity contribution in [1.29, 1.82) is 0 Å². The molecular formula is C14H11ClN2O5. The minimum atomic E-state index is -1.10. The zero-order valence-electron chi connectivity index (χ0n) is 11.2. The number of hydrogen-bond donors (Lipinski definition) is 2. The lowest BCUT2D eigenvalue weighted by Gasteiger charge is -2.05. The van der Waals surface area contributed by atoms with Gasteiger partial charge < -0.3 is 14.3 Å². The number of aliphatic carboxylic acids is 1. The fourth-order valence-corrected chi connectivity index (χ4v) is 1.73. The smallest absolute Gasteiger partial charge is 0.341 e. The Bertz CT molecular complexity index is 697. The van der Waals surface area contributed by atoms with E-state index in [1.807, 2.05) is 0 Å². The van der Waals surface area contributed by atoms with Gasteiger partial charge >= 0.3 is 11.9 Å². The number of carbonyl (C=O) groups excluding carboxylic acids is 1. The van der Waals surface area contributed by atoms with Gasteiger partial charge in [-0.05, 0) is 35.9 Å². The summed E-state index contributed by atoms with van der Waals surface area (Å²) in [6.45, 7) is -0.480. The molecule has 2 aromatic rings. The Morgan fingerprint density at radius 1 is 1.41 bits per heavy atom. The highest BCUT2D eigenvalue weighted by molar-refractivity contribution is 6.32. The zero-order chi connectivity index (χ0) is 15.9. The molecule has 0 radical (unpaired) electrons. The second-order valence-electron chi connectivity index (χ2n) is 4.05. The molecule has 2 N–H and O–H groups in total. The largest absolute Gasteiger partial charge is 0.480 e. The number of hydrazone groups is 1. The summed E-state index contributed by atoms with van der Waals surface area (Å²) in [5.74, 6) is -1.18. The predicted octanol–water partition coefficient (Wildman–Crippen LogP) is 2.16. The van der Waals surface area contributed by atoms with E-state index in [0.29, 0.717) is 5.56 Å². The molecule has 8 heteroatoms. The zero-order valence-corrected chi connectivity index (χ0v) is 11.9. The van der Waals surface area contributed by atoms with Crippen molar-refractivity contribution in [2.75, 3.05) is 6.61 Å². The molecule has 22 heavy (non-hydrogen) atoms. The Kier molecular flexibility index (Phi) is 5.16. The van der Waals surface area contributed by atoms with E-state index in [4.69, 9.17) is 25.9 Å². The molecule has 2 rings (SSSR count). The molecule has 0 unspecified atom stereocenters. The number of nitrogens with one attached hydrogen (secondary N) is 1. The molecule has 0 aliphatic rings. The number of hydrogen-bond acceptors (Lipinski definition) is 5. The molecule has 0 atom stereocenters. The predicted molar refractivity (Wildman–Crippen MR) is 78.4 cm³/mol. The van der Waals surface area contributed by atoms with Crippen LogP contribution in [0.2, 0.25) is 5.02 Å². The van der Waals surface area contributed by atoms with Crippen LogP contribution in [0.1, 0.15) is 16.1 Å². The normalized spacial score (nSPS) is 10.6. The van der Waals surface area contributed by atoms with Crippen molar-refractivity contribution in [2.24, 2.45) is 5.10 Å². The van der Waals surface area contributed by atoms with Crippen LogP contribution in [0.5, 0.6) is 5.75 Å². The average molecular weight is 323 g/mol. The van der Waals surface area contributed by atoms with Gasteiger partial charge in [0.15, 0.2) is 12.4 Å². The van der Waals surface area contributed by atoms with Crippen LogP contribution in [-0.4, -0.2) is 29.8 Å². The van der Waals surface area contributed by atoms with E-state index < -0.39 is 18.5 Å². The summed E-state index contributed by atoms with van der Waals surface area (Å²) in [5, 5.41) is 12.5. The Hall–Kier alpha value is -2.80. The summed E-state index contributed by atoms with van der Waals surface area (Å²) >= 11 is 5.95. The van der Waals surface area contributed by atoms with Gasteiger partial charge in [-0.2, -0.15) is 5.10 Å². The van der Waals surface area contributed by atoms with Crippen molar-refractivity contribution < 1.29 is 23.8 Å². The van der Waals surface area contributed by atoms with Gasteiger partial charge in [0.25, 0.3) is 0 Å². The maximum atomic E-state index is 11.5. The van der Waals surface area contributed by atoms with Gasteiger partial charge in [0, 0.05) is 0 Å². The number of ether oxygens (including phenoxy) is 1. The first-order chi connectivity index (χ1) is 10.6. The minimum Gasteiger partial charge on any atom is -0.480 e. The number of furan rings is 1. The van der Waals surface area contributed by atoms with Crippen molar-refractivity contribution >= 4 is 29.7 Å². The number of carboxylic acids is 1. The maximum Gasteiger partial charge on any atom is 0.341 e. The first kappa shape index (κ1) is 15.6. The van der Waals surface area contributed by atoms with Crippen LogP contribution in [0.3, 0.4) is 0 Å². The van der Waals surface area contributed by atoms with Crippen LogP contribution in [0.15, 0.2) is 46.1 Å². The standard InChI is InChI=1S/C14H11ClN2O5/c15-10-6-9(3-4-11(10)22-8-13(18)19)7-16-17-14(20)12-2-1-5-21-12/h1-7H,8H2,(H,17,20)(H,18,19). The number of halogens is 1. The second kappa shape index (κ2) is 7.28. The summed E-state index contributed by atoms with van der Waals surface area (Å²) in [6, 6.07) is 7.76. The van der Waals surface area contributed by atoms with Crippen LogP contribution in [0, 0.1) is 0 Å². The van der Waals surface area contributed by atoms with Crippen LogP contribution in [0.25, 0.3) is 0 Å². The Morgan fingerprint density at radius 3 is 2.86 bits per heavy atom. The van der Waals surface area contributed by atoms with Crippen LogP contribution >= 0.6 is 11.6 Å². The highest BCUT2D eigenvalue weighted by Crippen LogP contribution is 2.24. The summed E-state index contributed by atoms with van der Waals surface area (Å²) in [5.41, 5.74) is 2.90. The Labute approximate surface area is 130 Å². The van der Waals surface area contributed by atoms with Crippen molar-refractivity contribution in [1.82, 2.24) is 5.43 Å². The van der Waals surface area contributed by atoms with E-state index in [1.165, 1.54) is 30.7 Å². The van der Waals surface area contributed by atoms with Gasteiger partial charge in [0.1, 0.15) is 5.75 Å². The fraction of sp³-hybridized carbons (Fsp3) is 0.0714. The highest BCUT2D eigenvalue weighted by atomic mass is 35.5. The van der Waals surface area contributed by atoms with Crippen molar-refractivity contribution in [3.63, 3.8) is 0 Å². The molecule has 0 saturated carbocycles. The van der Waals surface area contributed by atoms with Gasteiger partial charge in [0.05, 0.1) is 17.5 Å². The first-order valence-electron chi connectivity index (χ1n) is 6.07. The van der Waals surface area contributed by atoms with Gasteiger partial charge in [-0.25, -0.2) is 10.2 Å². The molecule has 0 bridgehead atoms. The third kappa shape index (κ3) is 4.35. The lowest BCUT2D eigenvalue weighted by Crippen LogP contribution is -2.16. The highest BCUT2D eigenvalue weighted by Gasteiger charge is 2.07. The van der Waals surface area contributed by atoms with Crippen LogP contribution < -0.4 is 10.2 Å². The number of rotatable bonds is 6. The Morgan fingerprint density at radius 2 is 2.23 bits per heavy atom. The SMILES string of the molecule is O=C(O)COc1ccc(C=NNC(=O)c2ccco2)cc1Cl. The fourth-order valence-electron chi connectivity index (χ4n) is 1.48. The van der Waals surface area contributed by atoms with Crippen molar-refractivity contribution in [3.05, 3.63) is 52.9 Å². The van der Waals surface area contributed by atoms with E-state index >= 15 is 0 Å². The number of benzene rings is 1. The summed E-state index contributed by atoms with van der Waals surface area (Å²) in [4.78, 5) is 22.0. The molecule has 1 aromatic carbocycles. The van der Waals surface area contributed by atoms with Crippen LogP contribution in [0.4, 0.5) is 0 Å². The molecule has 0 aliphatic carbocycles. The molecule has 0 saturated heterocycles. The number of carboxylic acid groups (broad SMARTS) is 1. The van der Waals surface area contributed by atoms with Gasteiger partial charge in [-0.3, -0.25) is 4.79 Å². The molecule has 114 valence electrons. The topological polar surface area (TPSA) is 101 Å². The second-order valence-corrected chi connectivity index (χ2v) is 4.46. The maximum absolute atomic E-state index is 11.5.